The lowest BCUT2D eigenvalue weighted by molar-refractivity contribution is 0.780. The second-order valence-corrected chi connectivity index (χ2v) is 4.03. The quantitative estimate of drug-likeness (QED) is 0.702. The lowest BCUT2D eigenvalue weighted by Gasteiger charge is -2.07. The number of benzene rings is 1. The maximum absolute atomic E-state index is 6.16. The molecule has 0 heterocycles. The average Bonchev–Trinajstić information content (AvgIpc) is 2.15. The Bertz CT molecular complexity index is 210. The lowest BCUT2D eigenvalue weighted by atomic mass is 10.1. The molecule has 0 amide bonds. The third kappa shape index (κ3) is 3.16. The molecule has 12 heavy (non-hydrogen) atoms. The van der Waals surface area contributed by atoms with Gasteiger partial charge in [0.2, 0.25) is 0 Å². The highest BCUT2D eigenvalue weighted by atomic mass is 79.9. The summed E-state index contributed by atoms with van der Waals surface area (Å²) >= 11 is 9.56. The summed E-state index contributed by atoms with van der Waals surface area (Å²) in [6.07, 6.45) is 2.17. The molecule has 0 aliphatic heterocycles. The van der Waals surface area contributed by atoms with E-state index in [2.05, 4.69) is 28.1 Å². The number of alkyl halides is 2. The maximum Gasteiger partial charge on any atom is 0.0585 e. The molecule has 0 bridgehead atoms. The van der Waals surface area contributed by atoms with Gasteiger partial charge < -0.3 is 0 Å². The fourth-order valence-corrected chi connectivity index (χ4v) is 1.71. The first kappa shape index (κ1) is 10.1. The third-order valence-electron chi connectivity index (χ3n) is 1.75. The Morgan fingerprint density at radius 3 is 2.50 bits per heavy atom. The second-order valence-electron chi connectivity index (χ2n) is 2.71. The molecule has 0 saturated carbocycles. The standard InChI is InChI=1S/C10H12BrCl/c11-8-4-7-10(12)9-5-2-1-3-6-9/h1-3,5-6,10H,4,7-8H2. The van der Waals surface area contributed by atoms with E-state index in [1.807, 2.05) is 18.2 Å². The van der Waals surface area contributed by atoms with Gasteiger partial charge in [0.25, 0.3) is 0 Å². The Labute approximate surface area is 87.1 Å². The molecule has 0 fully saturated rings. The summed E-state index contributed by atoms with van der Waals surface area (Å²) in [5.41, 5.74) is 1.22. The van der Waals surface area contributed by atoms with Gasteiger partial charge in [0, 0.05) is 5.33 Å². The molecule has 1 atom stereocenters. The molecule has 0 aromatic heterocycles. The lowest BCUT2D eigenvalue weighted by Crippen LogP contribution is -1.90. The zero-order valence-corrected chi connectivity index (χ0v) is 9.18. The van der Waals surface area contributed by atoms with Gasteiger partial charge in [-0.3, -0.25) is 0 Å². The van der Waals surface area contributed by atoms with Crippen LogP contribution in [0.4, 0.5) is 0 Å². The molecule has 0 nitrogen and oxygen atoms in total. The summed E-state index contributed by atoms with van der Waals surface area (Å²) < 4.78 is 0. The Morgan fingerprint density at radius 1 is 1.25 bits per heavy atom. The van der Waals surface area contributed by atoms with Crippen LogP contribution in [-0.4, -0.2) is 5.33 Å². The van der Waals surface area contributed by atoms with Crippen molar-refractivity contribution in [1.82, 2.24) is 0 Å². The SMILES string of the molecule is ClC(CCCBr)c1ccccc1. The number of rotatable bonds is 4. The summed E-state index contributed by atoms with van der Waals surface area (Å²) in [4.78, 5) is 0. The number of hydrogen-bond acceptors (Lipinski definition) is 0. The van der Waals surface area contributed by atoms with Crippen molar-refractivity contribution in [2.24, 2.45) is 0 Å². The topological polar surface area (TPSA) is 0 Å². The van der Waals surface area contributed by atoms with E-state index in [9.17, 15) is 0 Å². The van der Waals surface area contributed by atoms with Crippen LogP contribution < -0.4 is 0 Å². The Balaban J connectivity index is 2.48. The minimum Gasteiger partial charge on any atom is -0.118 e. The minimum atomic E-state index is 0.170. The van der Waals surface area contributed by atoms with Crippen molar-refractivity contribution in [3.63, 3.8) is 0 Å². The van der Waals surface area contributed by atoms with Gasteiger partial charge in [0.1, 0.15) is 0 Å². The highest BCUT2D eigenvalue weighted by Crippen LogP contribution is 2.25. The zero-order valence-electron chi connectivity index (χ0n) is 6.84. The van der Waals surface area contributed by atoms with E-state index in [0.717, 1.165) is 18.2 Å². The summed E-state index contributed by atoms with van der Waals surface area (Å²) in [6.45, 7) is 0. The summed E-state index contributed by atoms with van der Waals surface area (Å²) in [7, 11) is 0. The predicted octanol–water partition coefficient (Wildman–Crippen LogP) is 4.14. The fourth-order valence-electron chi connectivity index (χ4n) is 1.08. The minimum absolute atomic E-state index is 0.170. The van der Waals surface area contributed by atoms with Gasteiger partial charge in [-0.25, -0.2) is 0 Å². The Hall–Kier alpha value is -0.0100. The van der Waals surface area contributed by atoms with Gasteiger partial charge in [-0.1, -0.05) is 46.3 Å². The van der Waals surface area contributed by atoms with E-state index in [0.29, 0.717) is 0 Å². The van der Waals surface area contributed by atoms with Gasteiger partial charge in [0.05, 0.1) is 5.38 Å². The van der Waals surface area contributed by atoms with Crippen molar-refractivity contribution in [3.05, 3.63) is 35.9 Å². The van der Waals surface area contributed by atoms with Crippen LogP contribution in [-0.2, 0) is 0 Å². The Morgan fingerprint density at radius 2 is 1.92 bits per heavy atom. The van der Waals surface area contributed by atoms with E-state index in [4.69, 9.17) is 11.6 Å². The monoisotopic (exact) mass is 246 g/mol. The molecule has 0 radical (unpaired) electrons. The molecule has 1 rings (SSSR count). The molecule has 0 spiro atoms. The number of halogens is 2. The Kier molecular flexibility index (Phi) is 4.70. The van der Waals surface area contributed by atoms with Crippen LogP contribution in [0.25, 0.3) is 0 Å². The van der Waals surface area contributed by atoms with E-state index in [-0.39, 0.29) is 5.38 Å². The molecule has 2 heteroatoms. The zero-order chi connectivity index (χ0) is 8.81. The van der Waals surface area contributed by atoms with E-state index in [1.54, 1.807) is 0 Å². The third-order valence-corrected chi connectivity index (χ3v) is 2.78. The first-order valence-electron chi connectivity index (χ1n) is 4.09. The normalized spacial score (nSPS) is 12.8. The smallest absolute Gasteiger partial charge is 0.0585 e. The molecule has 0 N–H and O–H groups in total. The van der Waals surface area contributed by atoms with Crippen molar-refractivity contribution in [1.29, 1.82) is 0 Å². The average molecular weight is 248 g/mol. The predicted molar refractivity (Wildman–Crippen MR) is 58.1 cm³/mol. The second kappa shape index (κ2) is 5.60. The first-order chi connectivity index (χ1) is 5.84. The van der Waals surface area contributed by atoms with E-state index >= 15 is 0 Å². The summed E-state index contributed by atoms with van der Waals surface area (Å²) in [5.74, 6) is 0. The van der Waals surface area contributed by atoms with Gasteiger partial charge in [-0.05, 0) is 18.4 Å². The van der Waals surface area contributed by atoms with Crippen LogP contribution in [0.2, 0.25) is 0 Å². The van der Waals surface area contributed by atoms with Gasteiger partial charge in [-0.15, -0.1) is 11.6 Å². The van der Waals surface area contributed by atoms with Gasteiger partial charge in [-0.2, -0.15) is 0 Å². The van der Waals surface area contributed by atoms with Gasteiger partial charge >= 0.3 is 0 Å². The molecule has 0 saturated heterocycles. The molecule has 1 unspecified atom stereocenters. The fraction of sp³-hybridized carbons (Fsp3) is 0.400. The highest BCUT2D eigenvalue weighted by Gasteiger charge is 2.05. The maximum atomic E-state index is 6.16. The van der Waals surface area contributed by atoms with Gasteiger partial charge in [0.15, 0.2) is 0 Å². The highest BCUT2D eigenvalue weighted by molar-refractivity contribution is 9.09. The molecular weight excluding hydrogens is 235 g/mol. The van der Waals surface area contributed by atoms with Crippen LogP contribution in [0.15, 0.2) is 30.3 Å². The van der Waals surface area contributed by atoms with Crippen molar-refractivity contribution < 1.29 is 0 Å². The van der Waals surface area contributed by atoms with Crippen LogP contribution in [0.1, 0.15) is 23.8 Å². The van der Waals surface area contributed by atoms with Crippen LogP contribution in [0.5, 0.6) is 0 Å². The molecule has 66 valence electrons. The summed E-state index contributed by atoms with van der Waals surface area (Å²) in [5, 5.41) is 1.20. The summed E-state index contributed by atoms with van der Waals surface area (Å²) in [6, 6.07) is 10.2. The molecule has 0 aliphatic carbocycles. The van der Waals surface area contributed by atoms with Crippen LogP contribution >= 0.6 is 27.5 Å². The molecule has 1 aromatic carbocycles. The van der Waals surface area contributed by atoms with Crippen LogP contribution in [0.3, 0.4) is 0 Å². The van der Waals surface area contributed by atoms with E-state index in [1.165, 1.54) is 5.56 Å². The van der Waals surface area contributed by atoms with Crippen molar-refractivity contribution >= 4 is 27.5 Å². The van der Waals surface area contributed by atoms with E-state index < -0.39 is 0 Å². The molecule has 0 aliphatic rings. The number of hydrogen-bond donors (Lipinski definition) is 0. The van der Waals surface area contributed by atoms with Crippen molar-refractivity contribution in [2.75, 3.05) is 5.33 Å². The largest absolute Gasteiger partial charge is 0.118 e. The molecule has 1 aromatic rings. The van der Waals surface area contributed by atoms with Crippen molar-refractivity contribution in [2.45, 2.75) is 18.2 Å². The van der Waals surface area contributed by atoms with Crippen molar-refractivity contribution in [3.8, 4) is 0 Å². The first-order valence-corrected chi connectivity index (χ1v) is 5.65. The molecular formula is C10H12BrCl. The van der Waals surface area contributed by atoms with Crippen LogP contribution in [0, 0.1) is 0 Å².